The van der Waals surface area contributed by atoms with Crippen LogP contribution in [0.2, 0.25) is 0 Å². The number of carbonyl (C=O) groups excluding carboxylic acids is 2. The normalized spacial score (nSPS) is 16.1. The van der Waals surface area contributed by atoms with Gasteiger partial charge in [-0.15, -0.1) is 10.2 Å². The van der Waals surface area contributed by atoms with Crippen molar-refractivity contribution >= 4 is 45.7 Å². The summed E-state index contributed by atoms with van der Waals surface area (Å²) in [6.07, 6.45) is 4.90. The number of carbonyl (C=O) groups is 2. The van der Waals surface area contributed by atoms with Crippen LogP contribution in [0.3, 0.4) is 0 Å². The van der Waals surface area contributed by atoms with Crippen molar-refractivity contribution in [2.24, 2.45) is 0 Å². The molecule has 1 N–H and O–H groups in total. The minimum Gasteiger partial charge on any atom is -0.507 e. The molecule has 1 unspecified atom stereocenters. The molecule has 4 aromatic rings. The van der Waals surface area contributed by atoms with Crippen molar-refractivity contribution < 1.29 is 24.2 Å². The number of anilines is 1. The summed E-state index contributed by atoms with van der Waals surface area (Å²) in [5, 5.41) is 20.2. The maximum Gasteiger partial charge on any atom is 0.301 e. The van der Waals surface area contributed by atoms with E-state index in [0.717, 1.165) is 18.4 Å². The van der Waals surface area contributed by atoms with E-state index in [4.69, 9.17) is 9.47 Å². The second kappa shape index (κ2) is 13.6. The molecule has 0 radical (unpaired) electrons. The molecule has 5 rings (SSSR count). The lowest BCUT2D eigenvalue weighted by Gasteiger charge is -2.23. The second-order valence-electron chi connectivity index (χ2n) is 9.37. The van der Waals surface area contributed by atoms with E-state index in [1.54, 1.807) is 30.3 Å². The predicted octanol–water partition coefficient (Wildman–Crippen LogP) is 6.43. The van der Waals surface area contributed by atoms with Gasteiger partial charge in [0.15, 0.2) is 15.8 Å². The third-order valence-electron chi connectivity index (χ3n) is 6.54. The molecule has 1 aliphatic rings. The van der Waals surface area contributed by atoms with E-state index in [1.165, 1.54) is 40.4 Å². The van der Waals surface area contributed by atoms with Crippen LogP contribution in [-0.4, -0.2) is 45.2 Å². The van der Waals surface area contributed by atoms with E-state index in [2.05, 4.69) is 22.1 Å². The van der Waals surface area contributed by atoms with Crippen LogP contribution >= 0.6 is 23.1 Å². The number of benzene rings is 2. The number of aliphatic hydroxyl groups excluding tert-OH is 1. The highest BCUT2D eigenvalue weighted by Gasteiger charge is 2.48. The van der Waals surface area contributed by atoms with Crippen molar-refractivity contribution in [3.05, 3.63) is 95.3 Å². The van der Waals surface area contributed by atoms with E-state index >= 15 is 0 Å². The Hall–Kier alpha value is -4.22. The molecule has 2 aromatic carbocycles. The van der Waals surface area contributed by atoms with Crippen LogP contribution in [0.25, 0.3) is 5.76 Å². The quantitative estimate of drug-likeness (QED) is 0.0489. The first-order valence-electron chi connectivity index (χ1n) is 13.6. The lowest BCUT2D eigenvalue weighted by atomic mass is 9.95. The van der Waals surface area contributed by atoms with Crippen molar-refractivity contribution in [1.29, 1.82) is 0 Å². The first kappa shape index (κ1) is 29.3. The van der Waals surface area contributed by atoms with Crippen LogP contribution < -0.4 is 14.4 Å². The van der Waals surface area contributed by atoms with E-state index in [1.807, 2.05) is 37.3 Å². The highest BCUT2D eigenvalue weighted by molar-refractivity contribution is 8.00. The molecule has 1 aliphatic heterocycles. The largest absolute Gasteiger partial charge is 0.507 e. The van der Waals surface area contributed by atoms with Gasteiger partial charge in [-0.05, 0) is 48.7 Å². The molecule has 0 aliphatic carbocycles. The zero-order chi connectivity index (χ0) is 29.5. The molecule has 0 spiro atoms. The molecular formula is C31H30N4O5S2. The van der Waals surface area contributed by atoms with E-state index < -0.39 is 17.7 Å². The van der Waals surface area contributed by atoms with Gasteiger partial charge >= 0.3 is 5.91 Å². The van der Waals surface area contributed by atoms with Gasteiger partial charge in [0, 0.05) is 23.7 Å². The summed E-state index contributed by atoms with van der Waals surface area (Å²) in [7, 11) is 0. The highest BCUT2D eigenvalue weighted by Crippen LogP contribution is 2.45. The zero-order valence-corrected chi connectivity index (χ0v) is 24.9. The summed E-state index contributed by atoms with van der Waals surface area (Å²) in [6.45, 7) is 4.88. The van der Waals surface area contributed by atoms with Crippen molar-refractivity contribution in [2.45, 2.75) is 42.8 Å². The highest BCUT2D eigenvalue weighted by atomic mass is 32.2. The van der Waals surface area contributed by atoms with Gasteiger partial charge in [-0.25, -0.2) is 0 Å². The molecule has 1 saturated heterocycles. The van der Waals surface area contributed by atoms with Crippen molar-refractivity contribution in [3.8, 4) is 11.5 Å². The van der Waals surface area contributed by atoms with Gasteiger partial charge in [0.05, 0.1) is 24.8 Å². The molecule has 1 amide bonds. The number of aliphatic hydroxyl groups is 1. The van der Waals surface area contributed by atoms with Gasteiger partial charge < -0.3 is 14.6 Å². The average molecular weight is 603 g/mol. The third kappa shape index (κ3) is 6.32. The Morgan fingerprint density at radius 1 is 1.00 bits per heavy atom. The van der Waals surface area contributed by atoms with Crippen LogP contribution in [0.5, 0.6) is 11.5 Å². The van der Waals surface area contributed by atoms with Crippen LogP contribution in [0.15, 0.2) is 83.0 Å². The average Bonchev–Trinajstić information content (AvgIpc) is 3.59. The standard InChI is InChI=1S/C31H30N4O5S2/c1-3-5-17-40-23-12-11-22(18-24(23)39-4-2)26-25(27(36)21-13-15-32-16-14-21)28(37)29(38)35(26)30-33-34-31(42-30)41-19-20-9-7-6-8-10-20/h6-16,18,26,36H,3-5,17,19H2,1-2H3/b27-25+. The maximum absolute atomic E-state index is 13.6. The Morgan fingerprint density at radius 3 is 2.52 bits per heavy atom. The Kier molecular flexibility index (Phi) is 9.50. The molecule has 9 nitrogen and oxygen atoms in total. The number of ether oxygens (including phenoxy) is 2. The SMILES string of the molecule is CCCCOc1ccc(C2/C(=C(\O)c3ccncc3)C(=O)C(=O)N2c2nnc(SCc3ccccc3)s2)cc1OCC. The van der Waals surface area contributed by atoms with Gasteiger partial charge in [-0.2, -0.15) is 0 Å². The number of aromatic nitrogens is 3. The van der Waals surface area contributed by atoms with Crippen molar-refractivity contribution in [1.82, 2.24) is 15.2 Å². The number of unbranched alkanes of at least 4 members (excludes halogenated alkanes) is 1. The predicted molar refractivity (Wildman–Crippen MR) is 163 cm³/mol. The topological polar surface area (TPSA) is 115 Å². The number of rotatable bonds is 12. The summed E-state index contributed by atoms with van der Waals surface area (Å²) in [4.78, 5) is 32.4. The Bertz CT molecular complexity index is 1580. The smallest absolute Gasteiger partial charge is 0.301 e. The summed E-state index contributed by atoms with van der Waals surface area (Å²) in [5.74, 6) is -0.186. The lowest BCUT2D eigenvalue weighted by Crippen LogP contribution is -2.29. The van der Waals surface area contributed by atoms with Crippen LogP contribution in [0.1, 0.15) is 49.4 Å². The number of amides is 1. The first-order valence-corrected chi connectivity index (χ1v) is 15.4. The summed E-state index contributed by atoms with van der Waals surface area (Å²) in [6, 6.07) is 17.4. The summed E-state index contributed by atoms with van der Waals surface area (Å²) >= 11 is 2.71. The molecule has 0 saturated carbocycles. The number of ketones is 1. The number of Topliss-reactive ketones (excluding diaryl/α,β-unsaturated/α-hetero) is 1. The third-order valence-corrected chi connectivity index (χ3v) is 8.67. The minimum atomic E-state index is -0.970. The fourth-order valence-corrected chi connectivity index (χ4v) is 6.32. The van der Waals surface area contributed by atoms with Gasteiger partial charge in [0.25, 0.3) is 5.78 Å². The molecule has 11 heteroatoms. The minimum absolute atomic E-state index is 0.0537. The van der Waals surface area contributed by atoms with Gasteiger partial charge in [-0.1, -0.05) is 72.8 Å². The van der Waals surface area contributed by atoms with Crippen LogP contribution in [-0.2, 0) is 15.3 Å². The monoisotopic (exact) mass is 602 g/mol. The molecule has 1 fully saturated rings. The zero-order valence-electron chi connectivity index (χ0n) is 23.2. The van der Waals surface area contributed by atoms with Crippen molar-refractivity contribution in [2.75, 3.05) is 18.1 Å². The van der Waals surface area contributed by atoms with Gasteiger partial charge in [0.1, 0.15) is 5.76 Å². The van der Waals surface area contributed by atoms with Gasteiger partial charge in [0.2, 0.25) is 5.13 Å². The Labute approximate surface area is 252 Å². The summed E-state index contributed by atoms with van der Waals surface area (Å²) in [5.41, 5.74) is 2.00. The number of hydrogen-bond acceptors (Lipinski definition) is 10. The molecule has 0 bridgehead atoms. The van der Waals surface area contributed by atoms with Crippen LogP contribution in [0, 0.1) is 0 Å². The Balaban J connectivity index is 1.56. The second-order valence-corrected chi connectivity index (χ2v) is 11.5. The van der Waals surface area contributed by atoms with Crippen LogP contribution in [0.4, 0.5) is 5.13 Å². The number of nitrogens with zero attached hydrogens (tertiary/aromatic N) is 4. The first-order chi connectivity index (χ1) is 20.5. The summed E-state index contributed by atoms with van der Waals surface area (Å²) < 4.78 is 12.5. The number of pyridine rings is 1. The molecule has 1 atom stereocenters. The molecule has 42 heavy (non-hydrogen) atoms. The molecule has 3 heterocycles. The van der Waals surface area contributed by atoms with Crippen molar-refractivity contribution in [3.63, 3.8) is 0 Å². The molecule has 216 valence electrons. The van der Waals surface area contributed by atoms with E-state index in [-0.39, 0.29) is 16.5 Å². The number of thioether (sulfide) groups is 1. The van der Waals surface area contributed by atoms with Gasteiger partial charge in [-0.3, -0.25) is 19.5 Å². The van der Waals surface area contributed by atoms with E-state index in [9.17, 15) is 14.7 Å². The maximum atomic E-state index is 13.6. The molecular weight excluding hydrogens is 572 g/mol. The fourth-order valence-electron chi connectivity index (χ4n) is 4.50. The van der Waals surface area contributed by atoms with E-state index in [0.29, 0.717) is 45.9 Å². The Morgan fingerprint density at radius 2 is 1.79 bits per heavy atom. The fraction of sp³-hybridized carbons (Fsp3) is 0.258. The number of hydrogen-bond donors (Lipinski definition) is 1. The molecule has 2 aromatic heterocycles. The lowest BCUT2D eigenvalue weighted by molar-refractivity contribution is -0.132.